The third-order valence-electron chi connectivity index (χ3n) is 4.79. The van der Waals surface area contributed by atoms with E-state index < -0.39 is 0 Å². The topological polar surface area (TPSA) is 50.7 Å². The number of amides is 1. The number of hydrogen-bond donors (Lipinski definition) is 1. The van der Waals surface area contributed by atoms with Gasteiger partial charge >= 0.3 is 0 Å². The Kier molecular flexibility index (Phi) is 6.67. The van der Waals surface area contributed by atoms with Crippen molar-refractivity contribution >= 4 is 28.1 Å². The summed E-state index contributed by atoms with van der Waals surface area (Å²) in [5.41, 5.74) is 7.41. The van der Waals surface area contributed by atoms with Crippen LogP contribution in [0.1, 0.15) is 54.9 Å². The molecule has 0 bridgehead atoms. The third kappa shape index (κ3) is 5.19. The summed E-state index contributed by atoms with van der Waals surface area (Å²) in [6, 6.07) is 12.2. The zero-order valence-corrected chi connectivity index (χ0v) is 17.4. The summed E-state index contributed by atoms with van der Waals surface area (Å²) in [4.78, 5) is 12.0. The Balaban J connectivity index is 1.51. The first-order valence-electron chi connectivity index (χ1n) is 9.39. The number of aryl methyl sites for hydroxylation is 1. The monoisotopic (exact) mass is 428 g/mol. The minimum atomic E-state index is -0.283. The predicted octanol–water partition coefficient (Wildman–Crippen LogP) is 4.98. The summed E-state index contributed by atoms with van der Waals surface area (Å²) < 4.78 is 6.65. The lowest BCUT2D eigenvalue weighted by Gasteiger charge is -2.19. The van der Waals surface area contributed by atoms with Crippen molar-refractivity contribution in [3.8, 4) is 5.75 Å². The van der Waals surface area contributed by atoms with Crippen molar-refractivity contribution in [2.24, 2.45) is 5.10 Å². The second kappa shape index (κ2) is 9.18. The van der Waals surface area contributed by atoms with Gasteiger partial charge in [0.05, 0.1) is 10.7 Å². The number of carbonyl (C=O) groups excluding carboxylic acids is 1. The smallest absolute Gasteiger partial charge is 0.277 e. The molecule has 0 atom stereocenters. The first-order valence-corrected chi connectivity index (χ1v) is 10.2. The molecule has 142 valence electrons. The maximum Gasteiger partial charge on any atom is 0.277 e. The number of benzene rings is 2. The summed E-state index contributed by atoms with van der Waals surface area (Å²) >= 11 is 3.63. The normalized spacial score (nSPS) is 13.6. The highest BCUT2D eigenvalue weighted by molar-refractivity contribution is 9.10. The van der Waals surface area contributed by atoms with E-state index in [-0.39, 0.29) is 12.5 Å². The van der Waals surface area contributed by atoms with E-state index in [1.807, 2.05) is 18.2 Å². The largest absolute Gasteiger partial charge is 0.483 e. The molecule has 27 heavy (non-hydrogen) atoms. The molecular formula is C22H25BrN2O2. The van der Waals surface area contributed by atoms with Gasteiger partial charge in [-0.05, 0) is 75.9 Å². The van der Waals surface area contributed by atoms with Crippen LogP contribution in [0.25, 0.3) is 0 Å². The Morgan fingerprint density at radius 1 is 1.19 bits per heavy atom. The van der Waals surface area contributed by atoms with E-state index >= 15 is 0 Å². The number of fused-ring (bicyclic) bond motifs is 1. The van der Waals surface area contributed by atoms with Crippen molar-refractivity contribution in [3.05, 3.63) is 63.1 Å². The fourth-order valence-corrected chi connectivity index (χ4v) is 3.89. The number of hydrogen-bond acceptors (Lipinski definition) is 3. The van der Waals surface area contributed by atoms with Crippen LogP contribution in [0, 0.1) is 0 Å². The molecule has 3 rings (SSSR count). The van der Waals surface area contributed by atoms with Crippen LogP contribution in [0.4, 0.5) is 0 Å². The number of halogens is 1. The van der Waals surface area contributed by atoms with Gasteiger partial charge in [-0.1, -0.05) is 44.2 Å². The van der Waals surface area contributed by atoms with Gasteiger partial charge in [0.2, 0.25) is 0 Å². The van der Waals surface area contributed by atoms with Crippen molar-refractivity contribution in [1.29, 1.82) is 0 Å². The number of carbonyl (C=O) groups is 1. The highest BCUT2D eigenvalue weighted by Crippen LogP contribution is 2.35. The molecule has 2 aromatic rings. The predicted molar refractivity (Wildman–Crippen MR) is 113 cm³/mol. The lowest BCUT2D eigenvalue weighted by molar-refractivity contribution is -0.123. The maximum atomic E-state index is 12.0. The fraction of sp³-hybridized carbons (Fsp3) is 0.364. The lowest BCUT2D eigenvalue weighted by Crippen LogP contribution is -2.24. The van der Waals surface area contributed by atoms with E-state index in [0.29, 0.717) is 11.7 Å². The Hall–Kier alpha value is -2.14. The highest BCUT2D eigenvalue weighted by Gasteiger charge is 2.16. The van der Waals surface area contributed by atoms with Gasteiger partial charge in [-0.2, -0.15) is 5.10 Å². The van der Waals surface area contributed by atoms with E-state index in [0.717, 1.165) is 22.9 Å². The molecule has 1 aliphatic rings. The Morgan fingerprint density at radius 2 is 1.93 bits per heavy atom. The van der Waals surface area contributed by atoms with Gasteiger partial charge in [0.1, 0.15) is 5.75 Å². The zero-order valence-electron chi connectivity index (χ0n) is 15.8. The number of rotatable bonds is 6. The van der Waals surface area contributed by atoms with Gasteiger partial charge in [-0.3, -0.25) is 4.79 Å². The van der Waals surface area contributed by atoms with E-state index in [4.69, 9.17) is 4.74 Å². The first kappa shape index (κ1) is 19.6. The maximum absolute atomic E-state index is 12.0. The van der Waals surface area contributed by atoms with Crippen LogP contribution in [-0.4, -0.2) is 18.7 Å². The number of hydrazone groups is 1. The lowest BCUT2D eigenvalue weighted by atomic mass is 9.92. The Bertz CT molecular complexity index is 829. The standard InChI is InChI=1S/C22H25BrN2O2/c1-15(2)17-9-7-16(8-10-17)13-24-25-21(26)14-27-20-12-11-18-5-3-4-6-19(18)22(20)23/h7-13,15H,3-6,14H2,1-2H3,(H,25,26)/b24-13-. The molecule has 0 unspecified atom stereocenters. The molecule has 0 radical (unpaired) electrons. The minimum Gasteiger partial charge on any atom is -0.483 e. The average molecular weight is 429 g/mol. The van der Waals surface area contributed by atoms with Crippen LogP contribution in [0.15, 0.2) is 46.0 Å². The Labute approximate surface area is 169 Å². The van der Waals surface area contributed by atoms with Crippen molar-refractivity contribution in [1.82, 2.24) is 5.43 Å². The quantitative estimate of drug-likeness (QED) is 0.520. The summed E-state index contributed by atoms with van der Waals surface area (Å²) in [5.74, 6) is 0.921. The Morgan fingerprint density at radius 3 is 2.67 bits per heavy atom. The van der Waals surface area contributed by atoms with Crippen molar-refractivity contribution < 1.29 is 9.53 Å². The molecule has 0 heterocycles. The second-order valence-corrected chi connectivity index (χ2v) is 7.92. The molecular weight excluding hydrogens is 404 g/mol. The molecule has 0 aliphatic heterocycles. The second-order valence-electron chi connectivity index (χ2n) is 7.13. The van der Waals surface area contributed by atoms with Crippen molar-refractivity contribution in [2.75, 3.05) is 6.61 Å². The number of ether oxygens (including phenoxy) is 1. The van der Waals surface area contributed by atoms with Gasteiger partial charge in [0, 0.05) is 0 Å². The van der Waals surface area contributed by atoms with E-state index in [1.54, 1.807) is 6.21 Å². The van der Waals surface area contributed by atoms with Crippen LogP contribution in [0.5, 0.6) is 5.75 Å². The SMILES string of the molecule is CC(C)c1ccc(/C=N\NC(=O)COc2ccc3c(c2Br)CCCC3)cc1. The molecule has 0 saturated carbocycles. The van der Waals surface area contributed by atoms with Gasteiger partial charge < -0.3 is 4.74 Å². The van der Waals surface area contributed by atoms with Crippen LogP contribution in [-0.2, 0) is 17.6 Å². The highest BCUT2D eigenvalue weighted by atomic mass is 79.9. The molecule has 0 spiro atoms. The molecule has 1 aliphatic carbocycles. The van der Waals surface area contributed by atoms with Gasteiger partial charge in [0.25, 0.3) is 5.91 Å². The van der Waals surface area contributed by atoms with Crippen LogP contribution in [0.3, 0.4) is 0 Å². The number of nitrogens with one attached hydrogen (secondary N) is 1. The van der Waals surface area contributed by atoms with Crippen LogP contribution < -0.4 is 10.2 Å². The van der Waals surface area contributed by atoms with Gasteiger partial charge in [0.15, 0.2) is 6.61 Å². The first-order chi connectivity index (χ1) is 13.0. The average Bonchev–Trinajstić information content (AvgIpc) is 2.68. The molecule has 0 saturated heterocycles. The molecule has 5 heteroatoms. The molecule has 0 aromatic heterocycles. The van der Waals surface area contributed by atoms with E-state index in [9.17, 15) is 4.79 Å². The van der Waals surface area contributed by atoms with E-state index in [1.165, 1.54) is 29.5 Å². The molecule has 2 aromatic carbocycles. The summed E-state index contributed by atoms with van der Waals surface area (Å²) in [6.07, 6.45) is 6.24. The van der Waals surface area contributed by atoms with Gasteiger partial charge in [-0.15, -0.1) is 0 Å². The summed E-state index contributed by atoms with van der Waals surface area (Å²) in [7, 11) is 0. The van der Waals surface area contributed by atoms with E-state index in [2.05, 4.69) is 58.5 Å². The van der Waals surface area contributed by atoms with Crippen LogP contribution in [0.2, 0.25) is 0 Å². The van der Waals surface area contributed by atoms with Crippen molar-refractivity contribution in [2.45, 2.75) is 45.4 Å². The van der Waals surface area contributed by atoms with Crippen LogP contribution >= 0.6 is 15.9 Å². The minimum absolute atomic E-state index is 0.0684. The molecule has 1 amide bonds. The number of nitrogens with zero attached hydrogens (tertiary/aromatic N) is 1. The van der Waals surface area contributed by atoms with Crippen molar-refractivity contribution in [3.63, 3.8) is 0 Å². The summed E-state index contributed by atoms with van der Waals surface area (Å²) in [5, 5.41) is 4.00. The molecule has 4 nitrogen and oxygen atoms in total. The molecule has 1 N–H and O–H groups in total. The third-order valence-corrected chi connectivity index (χ3v) is 5.66. The van der Waals surface area contributed by atoms with Gasteiger partial charge in [-0.25, -0.2) is 5.43 Å². The fourth-order valence-electron chi connectivity index (χ4n) is 3.19. The molecule has 0 fully saturated rings. The zero-order chi connectivity index (χ0) is 19.2. The summed E-state index contributed by atoms with van der Waals surface area (Å²) in [6.45, 7) is 4.25.